The Labute approximate surface area is 209 Å². The monoisotopic (exact) mass is 487 g/mol. The number of hydrogen-bond donors (Lipinski definition) is 0. The van der Waals surface area contributed by atoms with E-state index in [1.165, 1.54) is 0 Å². The van der Waals surface area contributed by atoms with E-state index in [2.05, 4.69) is 0 Å². The Morgan fingerprint density at radius 2 is 1.75 bits per heavy atom. The van der Waals surface area contributed by atoms with E-state index in [1.54, 1.807) is 6.92 Å². The lowest BCUT2D eigenvalue weighted by Gasteiger charge is -2.31. The number of ether oxygens (including phenoxy) is 3. The van der Waals surface area contributed by atoms with Crippen LogP contribution in [0.4, 0.5) is 4.79 Å². The number of fused-ring (bicyclic) bond motifs is 1. The molecule has 0 aromatic heterocycles. The lowest BCUT2D eigenvalue weighted by Crippen LogP contribution is -2.49. The molecule has 3 aromatic carbocycles. The minimum absolute atomic E-state index is 0.153. The van der Waals surface area contributed by atoms with E-state index < -0.39 is 41.5 Å². The topological polar surface area (TPSA) is 82.1 Å². The third kappa shape index (κ3) is 4.13. The van der Waals surface area contributed by atoms with Crippen LogP contribution in [0.15, 0.2) is 72.8 Å². The van der Waals surface area contributed by atoms with Gasteiger partial charge >= 0.3 is 12.1 Å². The van der Waals surface area contributed by atoms with Gasteiger partial charge in [0.1, 0.15) is 6.61 Å². The molecule has 5 rings (SSSR count). The van der Waals surface area contributed by atoms with Gasteiger partial charge in [-0.1, -0.05) is 73.7 Å². The van der Waals surface area contributed by atoms with Gasteiger partial charge in [0, 0.05) is 12.3 Å². The summed E-state index contributed by atoms with van der Waals surface area (Å²) in [4.78, 5) is 40.9. The van der Waals surface area contributed by atoms with Gasteiger partial charge in [0.15, 0.2) is 5.60 Å². The van der Waals surface area contributed by atoms with Gasteiger partial charge in [-0.25, -0.2) is 14.5 Å². The summed E-state index contributed by atoms with van der Waals surface area (Å²) < 4.78 is 17.2. The molecule has 0 bridgehead atoms. The molecule has 3 aromatic rings. The molecule has 0 unspecified atom stereocenters. The molecular weight excluding hydrogens is 458 g/mol. The molecule has 7 nitrogen and oxygen atoms in total. The van der Waals surface area contributed by atoms with Gasteiger partial charge in [0.2, 0.25) is 5.91 Å². The summed E-state index contributed by atoms with van der Waals surface area (Å²) >= 11 is 0. The standard InChI is InChI=1S/C29H29NO6/c1-3-34-27(32)29(18-20-9-5-4-6-10-20)19(2)24(26(31)30-15-16-35-28(30)33)25(36-29)23-14-13-21-11-7-8-12-22(21)17-23/h4-14,17,19,24-25H,3,15-16,18H2,1-2H3/t19-,24-,25-,29-/m0/s1. The van der Waals surface area contributed by atoms with E-state index in [0.717, 1.165) is 26.8 Å². The van der Waals surface area contributed by atoms with Crippen molar-refractivity contribution in [3.8, 4) is 0 Å². The van der Waals surface area contributed by atoms with Crippen molar-refractivity contribution in [2.75, 3.05) is 19.8 Å². The normalized spacial score (nSPS) is 25.7. The van der Waals surface area contributed by atoms with Crippen LogP contribution in [-0.2, 0) is 30.2 Å². The van der Waals surface area contributed by atoms with Crippen molar-refractivity contribution in [1.29, 1.82) is 0 Å². The number of esters is 1. The number of nitrogens with zero attached hydrogens (tertiary/aromatic N) is 1. The highest BCUT2D eigenvalue weighted by molar-refractivity contribution is 5.96. The number of amides is 2. The number of carbonyl (C=O) groups excluding carboxylic acids is 3. The quantitative estimate of drug-likeness (QED) is 0.470. The summed E-state index contributed by atoms with van der Waals surface area (Å²) in [5.74, 6) is -2.27. The molecule has 2 aliphatic rings. The van der Waals surface area contributed by atoms with Crippen LogP contribution in [0.1, 0.15) is 31.1 Å². The Hall–Kier alpha value is -3.71. The predicted octanol–water partition coefficient (Wildman–Crippen LogP) is 4.69. The van der Waals surface area contributed by atoms with Crippen molar-refractivity contribution >= 4 is 28.7 Å². The zero-order valence-electron chi connectivity index (χ0n) is 20.4. The largest absolute Gasteiger partial charge is 0.464 e. The first-order chi connectivity index (χ1) is 17.4. The zero-order valence-corrected chi connectivity index (χ0v) is 20.4. The number of rotatable bonds is 6. The summed E-state index contributed by atoms with van der Waals surface area (Å²) in [5.41, 5.74) is 0.256. The van der Waals surface area contributed by atoms with E-state index in [0.29, 0.717) is 0 Å². The Kier molecular flexibility index (Phi) is 6.49. The highest BCUT2D eigenvalue weighted by Crippen LogP contribution is 2.51. The van der Waals surface area contributed by atoms with Crippen LogP contribution in [-0.4, -0.2) is 48.2 Å². The van der Waals surface area contributed by atoms with Gasteiger partial charge in [-0.2, -0.15) is 0 Å². The molecule has 0 saturated carbocycles. The number of carbonyl (C=O) groups is 3. The average molecular weight is 488 g/mol. The molecule has 2 aliphatic heterocycles. The number of cyclic esters (lactones) is 1. The number of hydrogen-bond acceptors (Lipinski definition) is 6. The minimum Gasteiger partial charge on any atom is -0.464 e. The second-order valence-corrected chi connectivity index (χ2v) is 9.34. The molecule has 2 heterocycles. The SMILES string of the molecule is CCOC(=O)[C@@]1(Cc2ccccc2)O[C@@H](c2ccc3ccccc3c2)[C@@H](C(=O)N2CCOC2=O)[C@@H]1C. The smallest absolute Gasteiger partial charge is 0.416 e. The average Bonchev–Trinajstić information content (AvgIpc) is 3.45. The molecule has 0 spiro atoms. The maximum atomic E-state index is 13.8. The van der Waals surface area contributed by atoms with Crippen LogP contribution in [0.3, 0.4) is 0 Å². The van der Waals surface area contributed by atoms with Gasteiger partial charge in [0.05, 0.1) is 25.2 Å². The third-order valence-corrected chi connectivity index (χ3v) is 7.28. The molecule has 7 heteroatoms. The molecule has 0 radical (unpaired) electrons. The van der Waals surface area contributed by atoms with Crippen LogP contribution in [0, 0.1) is 11.8 Å². The van der Waals surface area contributed by atoms with Gasteiger partial charge in [-0.15, -0.1) is 0 Å². The Morgan fingerprint density at radius 1 is 1.03 bits per heavy atom. The van der Waals surface area contributed by atoms with Crippen molar-refractivity contribution in [3.63, 3.8) is 0 Å². The molecule has 2 saturated heterocycles. The van der Waals surface area contributed by atoms with Crippen LogP contribution in [0.2, 0.25) is 0 Å². The van der Waals surface area contributed by atoms with Crippen molar-refractivity contribution in [2.24, 2.45) is 11.8 Å². The molecule has 186 valence electrons. The van der Waals surface area contributed by atoms with Crippen LogP contribution >= 0.6 is 0 Å². The molecular formula is C29H29NO6. The second-order valence-electron chi connectivity index (χ2n) is 9.34. The number of imide groups is 1. The van der Waals surface area contributed by atoms with Gasteiger partial charge in [-0.05, 0) is 34.9 Å². The lowest BCUT2D eigenvalue weighted by atomic mass is 9.75. The third-order valence-electron chi connectivity index (χ3n) is 7.28. The summed E-state index contributed by atoms with van der Waals surface area (Å²) in [5, 5.41) is 2.05. The molecule has 0 aliphatic carbocycles. The summed E-state index contributed by atoms with van der Waals surface area (Å²) in [6.45, 7) is 4.10. The first-order valence-electron chi connectivity index (χ1n) is 12.3. The Balaban J connectivity index is 1.62. The zero-order chi connectivity index (χ0) is 25.3. The Bertz CT molecular complexity index is 1290. The molecule has 2 amide bonds. The van der Waals surface area contributed by atoms with E-state index >= 15 is 0 Å². The van der Waals surface area contributed by atoms with Gasteiger partial charge in [-0.3, -0.25) is 4.79 Å². The lowest BCUT2D eigenvalue weighted by molar-refractivity contribution is -0.174. The first-order valence-corrected chi connectivity index (χ1v) is 12.3. The van der Waals surface area contributed by atoms with Crippen LogP contribution < -0.4 is 0 Å². The highest BCUT2D eigenvalue weighted by atomic mass is 16.6. The van der Waals surface area contributed by atoms with Crippen molar-refractivity contribution in [2.45, 2.75) is 32.0 Å². The van der Waals surface area contributed by atoms with Crippen molar-refractivity contribution in [1.82, 2.24) is 4.90 Å². The van der Waals surface area contributed by atoms with Crippen molar-refractivity contribution in [3.05, 3.63) is 83.9 Å². The summed E-state index contributed by atoms with van der Waals surface area (Å²) in [6, 6.07) is 23.4. The maximum absolute atomic E-state index is 13.8. The fourth-order valence-electron chi connectivity index (χ4n) is 5.40. The summed E-state index contributed by atoms with van der Waals surface area (Å²) in [7, 11) is 0. The molecule has 36 heavy (non-hydrogen) atoms. The van der Waals surface area contributed by atoms with Crippen molar-refractivity contribution < 1.29 is 28.6 Å². The summed E-state index contributed by atoms with van der Waals surface area (Å²) in [6.07, 6.45) is -1.17. The minimum atomic E-state index is -1.41. The van der Waals surface area contributed by atoms with Crippen LogP contribution in [0.25, 0.3) is 10.8 Å². The molecule has 0 N–H and O–H groups in total. The van der Waals surface area contributed by atoms with Gasteiger partial charge < -0.3 is 14.2 Å². The van der Waals surface area contributed by atoms with Crippen LogP contribution in [0.5, 0.6) is 0 Å². The first kappa shape index (κ1) is 24.0. The van der Waals surface area contributed by atoms with E-state index in [1.807, 2.05) is 79.7 Å². The second kappa shape index (κ2) is 9.74. The van der Waals surface area contributed by atoms with E-state index in [4.69, 9.17) is 14.2 Å². The predicted molar refractivity (Wildman–Crippen MR) is 133 cm³/mol. The van der Waals surface area contributed by atoms with E-state index in [9.17, 15) is 14.4 Å². The molecule has 2 fully saturated rings. The fourth-order valence-corrected chi connectivity index (χ4v) is 5.40. The Morgan fingerprint density at radius 3 is 2.44 bits per heavy atom. The van der Waals surface area contributed by atoms with E-state index in [-0.39, 0.29) is 26.2 Å². The van der Waals surface area contributed by atoms with Gasteiger partial charge in [0.25, 0.3) is 0 Å². The fraction of sp³-hybridized carbons (Fsp3) is 0.345. The maximum Gasteiger partial charge on any atom is 0.416 e. The molecule has 4 atom stereocenters. The number of benzene rings is 3. The highest BCUT2D eigenvalue weighted by Gasteiger charge is 2.61.